The number of anilines is 1. The van der Waals surface area contributed by atoms with Crippen molar-refractivity contribution in [3.8, 4) is 0 Å². The second-order valence-electron chi connectivity index (χ2n) is 4.99. The van der Waals surface area contributed by atoms with E-state index in [1.165, 1.54) is 0 Å². The Morgan fingerprint density at radius 3 is 2.50 bits per heavy atom. The summed E-state index contributed by atoms with van der Waals surface area (Å²) in [6.07, 6.45) is 1.03. The molecule has 6 nitrogen and oxygen atoms in total. The van der Waals surface area contributed by atoms with E-state index in [0.29, 0.717) is 30.8 Å². The van der Waals surface area contributed by atoms with Crippen molar-refractivity contribution in [2.75, 3.05) is 18.4 Å². The number of nitrogens with two attached hydrogens (primary N) is 1. The van der Waals surface area contributed by atoms with E-state index < -0.39 is 6.10 Å². The van der Waals surface area contributed by atoms with Gasteiger partial charge in [0.2, 0.25) is 0 Å². The van der Waals surface area contributed by atoms with Gasteiger partial charge >= 0.3 is 0 Å². The Kier molecular flexibility index (Phi) is 7.31. The van der Waals surface area contributed by atoms with Crippen LogP contribution in [-0.4, -0.2) is 37.1 Å². The SMILES string of the molecule is CCNC(=O)c1ccc(NC(=O)[C@@H]2CC[C@H](CN)O2)cc1.Cl. The number of hydrogen-bond acceptors (Lipinski definition) is 4. The highest BCUT2D eigenvalue weighted by Crippen LogP contribution is 2.20. The Morgan fingerprint density at radius 2 is 1.95 bits per heavy atom. The van der Waals surface area contributed by atoms with Gasteiger partial charge in [-0.3, -0.25) is 9.59 Å². The topological polar surface area (TPSA) is 93.5 Å². The van der Waals surface area contributed by atoms with Crippen LogP contribution in [0.25, 0.3) is 0 Å². The minimum atomic E-state index is -0.443. The van der Waals surface area contributed by atoms with Crippen molar-refractivity contribution < 1.29 is 14.3 Å². The maximum Gasteiger partial charge on any atom is 0.253 e. The summed E-state index contributed by atoms with van der Waals surface area (Å²) in [7, 11) is 0. The molecule has 0 aliphatic carbocycles. The minimum absolute atomic E-state index is 0. The molecule has 1 aromatic carbocycles. The zero-order valence-corrected chi connectivity index (χ0v) is 13.3. The van der Waals surface area contributed by atoms with Crippen LogP contribution >= 0.6 is 12.4 Å². The lowest BCUT2D eigenvalue weighted by Gasteiger charge is -2.13. The monoisotopic (exact) mass is 327 g/mol. The Labute approximate surface area is 136 Å². The van der Waals surface area contributed by atoms with E-state index in [2.05, 4.69) is 10.6 Å². The normalized spacial score (nSPS) is 20.1. The highest BCUT2D eigenvalue weighted by atomic mass is 35.5. The fourth-order valence-electron chi connectivity index (χ4n) is 2.26. The Morgan fingerprint density at radius 1 is 1.27 bits per heavy atom. The van der Waals surface area contributed by atoms with E-state index in [9.17, 15) is 9.59 Å². The molecular formula is C15H22ClN3O3. The molecule has 1 fully saturated rings. The summed E-state index contributed by atoms with van der Waals surface area (Å²) < 4.78 is 5.54. The van der Waals surface area contributed by atoms with Crippen LogP contribution in [0.1, 0.15) is 30.1 Å². The van der Waals surface area contributed by atoms with Crippen LogP contribution in [0, 0.1) is 0 Å². The maximum absolute atomic E-state index is 12.0. The number of nitrogens with one attached hydrogen (secondary N) is 2. The average molecular weight is 328 g/mol. The van der Waals surface area contributed by atoms with Gasteiger partial charge in [-0.1, -0.05) is 0 Å². The van der Waals surface area contributed by atoms with Crippen molar-refractivity contribution in [1.82, 2.24) is 5.32 Å². The number of ether oxygens (including phenoxy) is 1. The molecule has 22 heavy (non-hydrogen) atoms. The summed E-state index contributed by atoms with van der Waals surface area (Å²) in [5.41, 5.74) is 6.73. The maximum atomic E-state index is 12.0. The second kappa shape index (κ2) is 8.73. The lowest BCUT2D eigenvalue weighted by molar-refractivity contribution is -0.126. The van der Waals surface area contributed by atoms with Crippen LogP contribution < -0.4 is 16.4 Å². The molecule has 7 heteroatoms. The van der Waals surface area contributed by atoms with E-state index >= 15 is 0 Å². The van der Waals surface area contributed by atoms with Crippen LogP contribution in [0.3, 0.4) is 0 Å². The number of amides is 2. The molecule has 0 saturated carbocycles. The van der Waals surface area contributed by atoms with E-state index in [-0.39, 0.29) is 30.3 Å². The number of carbonyl (C=O) groups is 2. The van der Waals surface area contributed by atoms with Crippen molar-refractivity contribution in [1.29, 1.82) is 0 Å². The van der Waals surface area contributed by atoms with E-state index in [1.807, 2.05) is 6.92 Å². The fraction of sp³-hybridized carbons (Fsp3) is 0.467. The molecule has 2 rings (SSSR count). The van der Waals surface area contributed by atoms with Crippen molar-refractivity contribution in [3.05, 3.63) is 29.8 Å². The Bertz CT molecular complexity index is 507. The van der Waals surface area contributed by atoms with Crippen molar-refractivity contribution in [2.45, 2.75) is 32.0 Å². The van der Waals surface area contributed by atoms with Gasteiger partial charge in [0.15, 0.2) is 0 Å². The van der Waals surface area contributed by atoms with Gasteiger partial charge in [0, 0.05) is 24.3 Å². The molecule has 0 unspecified atom stereocenters. The molecule has 2 atom stereocenters. The first kappa shape index (κ1) is 18.4. The molecular weight excluding hydrogens is 306 g/mol. The number of halogens is 1. The predicted octanol–water partition coefficient (Wildman–Crippen LogP) is 1.30. The van der Waals surface area contributed by atoms with Crippen molar-refractivity contribution in [2.24, 2.45) is 5.73 Å². The molecule has 0 aromatic heterocycles. The first-order valence-corrected chi connectivity index (χ1v) is 7.18. The minimum Gasteiger partial charge on any atom is -0.364 e. The highest BCUT2D eigenvalue weighted by Gasteiger charge is 2.29. The van der Waals surface area contributed by atoms with Gasteiger partial charge < -0.3 is 21.1 Å². The summed E-state index contributed by atoms with van der Waals surface area (Å²) in [5.74, 6) is -0.294. The number of rotatable bonds is 5. The first-order chi connectivity index (χ1) is 10.1. The van der Waals surface area contributed by atoms with Crippen molar-refractivity contribution >= 4 is 29.9 Å². The fourth-order valence-corrected chi connectivity index (χ4v) is 2.26. The third kappa shape index (κ3) is 4.69. The molecule has 0 radical (unpaired) electrons. The molecule has 122 valence electrons. The lowest BCUT2D eigenvalue weighted by Crippen LogP contribution is -2.29. The molecule has 4 N–H and O–H groups in total. The molecule has 1 aromatic rings. The summed E-state index contributed by atoms with van der Waals surface area (Å²) in [4.78, 5) is 23.7. The van der Waals surface area contributed by atoms with E-state index in [4.69, 9.17) is 10.5 Å². The highest BCUT2D eigenvalue weighted by molar-refractivity contribution is 5.96. The largest absolute Gasteiger partial charge is 0.364 e. The van der Waals surface area contributed by atoms with Crippen LogP contribution in [0.5, 0.6) is 0 Å². The van der Waals surface area contributed by atoms with Crippen LogP contribution in [-0.2, 0) is 9.53 Å². The van der Waals surface area contributed by atoms with Gasteiger partial charge in [-0.05, 0) is 44.0 Å². The zero-order chi connectivity index (χ0) is 15.2. The number of benzene rings is 1. The lowest BCUT2D eigenvalue weighted by atomic mass is 10.1. The Balaban J connectivity index is 0.00000242. The van der Waals surface area contributed by atoms with Gasteiger partial charge in [0.25, 0.3) is 11.8 Å². The molecule has 0 bridgehead atoms. The smallest absolute Gasteiger partial charge is 0.253 e. The summed E-state index contributed by atoms with van der Waals surface area (Å²) in [5, 5.41) is 5.51. The first-order valence-electron chi connectivity index (χ1n) is 7.18. The molecule has 1 heterocycles. The summed E-state index contributed by atoms with van der Waals surface area (Å²) in [6, 6.07) is 6.77. The molecule has 2 amide bonds. The average Bonchev–Trinajstić information content (AvgIpc) is 2.97. The zero-order valence-electron chi connectivity index (χ0n) is 12.5. The van der Waals surface area contributed by atoms with Gasteiger partial charge in [-0.2, -0.15) is 0 Å². The molecule has 1 aliphatic rings. The second-order valence-corrected chi connectivity index (χ2v) is 4.99. The van der Waals surface area contributed by atoms with Crippen molar-refractivity contribution in [3.63, 3.8) is 0 Å². The predicted molar refractivity (Wildman–Crippen MR) is 87.3 cm³/mol. The number of carbonyl (C=O) groups excluding carboxylic acids is 2. The van der Waals surface area contributed by atoms with E-state index in [0.717, 1.165) is 6.42 Å². The third-order valence-corrected chi connectivity index (χ3v) is 3.41. The summed E-state index contributed by atoms with van der Waals surface area (Å²) in [6.45, 7) is 2.88. The van der Waals surface area contributed by atoms with Crippen LogP contribution in [0.4, 0.5) is 5.69 Å². The third-order valence-electron chi connectivity index (χ3n) is 3.41. The van der Waals surface area contributed by atoms with Gasteiger partial charge in [-0.25, -0.2) is 0 Å². The summed E-state index contributed by atoms with van der Waals surface area (Å²) >= 11 is 0. The standard InChI is InChI=1S/C15H21N3O3.ClH/c1-2-17-14(19)10-3-5-11(6-4-10)18-15(20)13-8-7-12(9-16)21-13;/h3-6,12-13H,2,7-9,16H2,1H3,(H,17,19)(H,18,20);1H/t12-,13+;/m1./s1. The molecule has 0 spiro atoms. The van der Waals surface area contributed by atoms with E-state index in [1.54, 1.807) is 24.3 Å². The van der Waals surface area contributed by atoms with Gasteiger partial charge in [0.05, 0.1) is 6.10 Å². The van der Waals surface area contributed by atoms with Crippen LogP contribution in [0.15, 0.2) is 24.3 Å². The molecule has 1 aliphatic heterocycles. The quantitative estimate of drug-likeness (QED) is 0.760. The number of hydrogen-bond donors (Lipinski definition) is 3. The molecule has 1 saturated heterocycles. The van der Waals surface area contributed by atoms with Gasteiger partial charge in [-0.15, -0.1) is 12.4 Å². The Hall–Kier alpha value is -1.63. The van der Waals surface area contributed by atoms with Gasteiger partial charge in [0.1, 0.15) is 6.10 Å². The van der Waals surface area contributed by atoms with Crippen LogP contribution in [0.2, 0.25) is 0 Å².